The van der Waals surface area contributed by atoms with Crippen molar-refractivity contribution in [2.45, 2.75) is 51.6 Å². The Morgan fingerprint density at radius 1 is 0.500 bits per heavy atom. The van der Waals surface area contributed by atoms with E-state index in [0.717, 1.165) is 60.5 Å². The van der Waals surface area contributed by atoms with E-state index in [0.29, 0.717) is 0 Å². The number of aryl methyl sites for hydroxylation is 2. The predicted octanol–water partition coefficient (Wildman–Crippen LogP) is 7.07. The lowest BCUT2D eigenvalue weighted by atomic mass is 9.89. The van der Waals surface area contributed by atoms with E-state index in [9.17, 15) is 0 Å². The molecular weight excluding hydrogens is 464 g/mol. The number of rotatable bonds is 10. The first kappa shape index (κ1) is 26.0. The van der Waals surface area contributed by atoms with Crippen LogP contribution in [0, 0.1) is 26.2 Å². The van der Waals surface area contributed by atoms with Gasteiger partial charge in [-0.2, -0.15) is 10.6 Å². The zero-order chi connectivity index (χ0) is 26.2. The van der Waals surface area contributed by atoms with Crippen molar-refractivity contribution in [2.75, 3.05) is 0 Å². The van der Waals surface area contributed by atoms with Crippen LogP contribution < -0.4 is 21.3 Å². The predicted molar refractivity (Wildman–Crippen MR) is 154 cm³/mol. The maximum absolute atomic E-state index is 5.28. The van der Waals surface area contributed by atoms with Gasteiger partial charge in [-0.05, 0) is 62.1 Å². The lowest BCUT2D eigenvalue weighted by molar-refractivity contribution is 0.279. The summed E-state index contributed by atoms with van der Waals surface area (Å²) in [6, 6.07) is 37.2. The Balaban J connectivity index is 1.38. The average Bonchev–Trinajstić information content (AvgIpc) is 2.95. The first-order valence-corrected chi connectivity index (χ1v) is 13.5. The van der Waals surface area contributed by atoms with E-state index in [1.807, 2.05) is 60.7 Å². The molecule has 2 atom stereocenters. The second-order valence-corrected chi connectivity index (χ2v) is 9.95. The highest BCUT2D eigenvalue weighted by molar-refractivity contribution is 5.43. The van der Waals surface area contributed by atoms with Crippen LogP contribution in [0.2, 0.25) is 0 Å². The van der Waals surface area contributed by atoms with Crippen molar-refractivity contribution >= 4 is 11.4 Å². The zero-order valence-electron chi connectivity index (χ0n) is 22.2. The number of benzene rings is 4. The second-order valence-electron chi connectivity index (χ2n) is 9.95. The fourth-order valence-electron chi connectivity index (χ4n) is 4.70. The molecule has 4 aromatic rings. The third kappa shape index (κ3) is 7.03. The summed E-state index contributed by atoms with van der Waals surface area (Å²) in [5.74, 6) is 0. The first-order valence-electron chi connectivity index (χ1n) is 13.5. The van der Waals surface area contributed by atoms with E-state index in [4.69, 9.17) is 21.3 Å². The fraction of sp³-hybridized carbons (Fsp3) is 0.235. The molecule has 0 bridgehead atoms. The molecular formula is C34H34N4. The third-order valence-electron chi connectivity index (χ3n) is 6.87. The lowest BCUT2D eigenvalue weighted by Gasteiger charge is -2.34. The zero-order valence-corrected chi connectivity index (χ0v) is 22.2. The van der Waals surface area contributed by atoms with Crippen LogP contribution in [0.15, 0.2) is 109 Å². The normalized spacial score (nSPS) is 17.5. The molecule has 1 aliphatic carbocycles. The highest BCUT2D eigenvalue weighted by Gasteiger charge is 2.34. The SMILES string of the molecule is Cc1ccc([C]([N]c2ccccc2)[N][C@@H]2CCCC[C@H]2[N][C]([N]c2ccccc2)c2ccc(C)cc2)cc1. The molecule has 0 aromatic heterocycles. The number of para-hydroxylation sites is 2. The molecule has 4 heteroatoms. The molecule has 4 nitrogen and oxygen atoms in total. The molecule has 0 saturated heterocycles. The van der Waals surface area contributed by atoms with Crippen LogP contribution in [0.1, 0.15) is 47.9 Å². The molecule has 4 aromatic carbocycles. The monoisotopic (exact) mass is 498 g/mol. The van der Waals surface area contributed by atoms with Gasteiger partial charge in [0.25, 0.3) is 0 Å². The van der Waals surface area contributed by atoms with Crippen LogP contribution in [-0.2, 0) is 0 Å². The molecule has 0 aliphatic heterocycles. The summed E-state index contributed by atoms with van der Waals surface area (Å²) < 4.78 is 0. The maximum Gasteiger partial charge on any atom is 0.196 e. The van der Waals surface area contributed by atoms with Gasteiger partial charge < -0.3 is 0 Å². The van der Waals surface area contributed by atoms with Crippen LogP contribution in [0.4, 0.5) is 11.4 Å². The molecule has 190 valence electrons. The molecule has 0 spiro atoms. The Morgan fingerprint density at radius 3 is 1.24 bits per heavy atom. The van der Waals surface area contributed by atoms with Gasteiger partial charge in [-0.15, -0.1) is 0 Å². The van der Waals surface area contributed by atoms with Crippen LogP contribution in [0.25, 0.3) is 0 Å². The molecule has 5 rings (SSSR count). The van der Waals surface area contributed by atoms with Crippen LogP contribution in [0.3, 0.4) is 0 Å². The summed E-state index contributed by atoms with van der Waals surface area (Å²) in [7, 11) is 0. The van der Waals surface area contributed by atoms with Crippen molar-refractivity contribution in [3.05, 3.63) is 144 Å². The van der Waals surface area contributed by atoms with Gasteiger partial charge in [-0.25, -0.2) is 0 Å². The minimum absolute atomic E-state index is 0.0407. The quantitative estimate of drug-likeness (QED) is 0.225. The van der Waals surface area contributed by atoms with Crippen LogP contribution in [-0.4, -0.2) is 12.1 Å². The number of nitrogens with zero attached hydrogens (tertiary/aromatic N) is 4. The minimum atomic E-state index is 0.0407. The molecule has 1 aliphatic rings. The van der Waals surface area contributed by atoms with Crippen LogP contribution >= 0.6 is 0 Å². The topological polar surface area (TPSA) is 56.4 Å². The molecule has 0 N–H and O–H groups in total. The largest absolute Gasteiger partial charge is 0.252 e. The summed E-state index contributed by atoms with van der Waals surface area (Å²) in [6.07, 6.45) is 5.78. The molecule has 6 radical (unpaired) electrons. The number of hydrogen-bond donors (Lipinski definition) is 0. The fourth-order valence-corrected chi connectivity index (χ4v) is 4.70. The highest BCUT2D eigenvalue weighted by atomic mass is 15.2. The average molecular weight is 499 g/mol. The van der Waals surface area contributed by atoms with E-state index >= 15 is 0 Å². The lowest BCUT2D eigenvalue weighted by Crippen LogP contribution is -2.47. The Labute approximate surface area is 227 Å². The van der Waals surface area contributed by atoms with Crippen LogP contribution in [0.5, 0.6) is 0 Å². The summed E-state index contributed by atoms with van der Waals surface area (Å²) in [4.78, 5) is 0. The third-order valence-corrected chi connectivity index (χ3v) is 6.87. The Hall–Kier alpha value is -3.60. The van der Waals surface area contributed by atoms with Gasteiger partial charge in [0.2, 0.25) is 0 Å². The van der Waals surface area contributed by atoms with E-state index < -0.39 is 0 Å². The van der Waals surface area contributed by atoms with Crippen molar-refractivity contribution in [1.29, 1.82) is 0 Å². The van der Waals surface area contributed by atoms with Gasteiger partial charge in [0.15, 0.2) is 12.3 Å². The van der Waals surface area contributed by atoms with E-state index in [1.54, 1.807) is 0 Å². The van der Waals surface area contributed by atoms with Crippen molar-refractivity contribution in [3.63, 3.8) is 0 Å². The molecule has 0 unspecified atom stereocenters. The van der Waals surface area contributed by atoms with E-state index in [2.05, 4.69) is 62.4 Å². The Bertz CT molecular complexity index is 1140. The molecule has 38 heavy (non-hydrogen) atoms. The second kappa shape index (κ2) is 12.8. The van der Waals surface area contributed by atoms with Gasteiger partial charge in [-0.3, -0.25) is 10.6 Å². The van der Waals surface area contributed by atoms with Gasteiger partial charge in [0, 0.05) is 12.1 Å². The summed E-state index contributed by atoms with van der Waals surface area (Å²) in [6.45, 7) is 4.20. The first-order chi connectivity index (χ1) is 18.6. The van der Waals surface area contributed by atoms with Gasteiger partial charge in [0.05, 0.1) is 11.4 Å². The standard InChI is InChI=1S/C34H34N4/c1-25-17-21-27(22-18-25)33(35-29-11-5-3-6-12-29)37-31-15-9-10-16-32(31)38-34(28-23-19-26(2)20-24-28)36-30-13-7-4-8-14-30/h3-8,11-14,17-24,31-32H,9-10,15-16H2,1-2H3/t31-,32-/m1/s1. The maximum atomic E-state index is 5.28. The summed E-state index contributed by atoms with van der Waals surface area (Å²) in [5.41, 5.74) is 6.31. The molecule has 0 amide bonds. The highest BCUT2D eigenvalue weighted by Crippen LogP contribution is 2.29. The minimum Gasteiger partial charge on any atom is -0.252 e. The van der Waals surface area contributed by atoms with Crippen molar-refractivity contribution in [2.24, 2.45) is 0 Å². The number of hydrogen-bond acceptors (Lipinski definition) is 0. The van der Waals surface area contributed by atoms with E-state index in [-0.39, 0.29) is 12.1 Å². The van der Waals surface area contributed by atoms with Gasteiger partial charge in [0.1, 0.15) is 0 Å². The smallest absolute Gasteiger partial charge is 0.196 e. The van der Waals surface area contributed by atoms with E-state index in [1.165, 1.54) is 11.1 Å². The summed E-state index contributed by atoms with van der Waals surface area (Å²) in [5, 5.41) is 20.5. The summed E-state index contributed by atoms with van der Waals surface area (Å²) >= 11 is 0. The molecule has 0 heterocycles. The van der Waals surface area contributed by atoms with Crippen molar-refractivity contribution < 1.29 is 0 Å². The Kier molecular flexibility index (Phi) is 8.75. The Morgan fingerprint density at radius 2 is 0.868 bits per heavy atom. The molecule has 1 saturated carbocycles. The van der Waals surface area contributed by atoms with Gasteiger partial charge in [-0.1, -0.05) is 109 Å². The van der Waals surface area contributed by atoms with Crippen molar-refractivity contribution in [3.8, 4) is 0 Å². The molecule has 1 fully saturated rings. The van der Waals surface area contributed by atoms with Crippen molar-refractivity contribution in [1.82, 2.24) is 21.3 Å². The van der Waals surface area contributed by atoms with Gasteiger partial charge >= 0.3 is 0 Å².